The number of hydrogen-bond acceptors (Lipinski definition) is 4. The minimum atomic E-state index is 0.116. The highest BCUT2D eigenvalue weighted by molar-refractivity contribution is 7.99. The molecule has 0 aliphatic carbocycles. The van der Waals surface area contributed by atoms with E-state index in [1.54, 1.807) is 11.8 Å². The van der Waals surface area contributed by atoms with Gasteiger partial charge in [-0.05, 0) is 19.4 Å². The van der Waals surface area contributed by atoms with Gasteiger partial charge in [0.1, 0.15) is 12.4 Å². The molecule has 0 fully saturated rings. The molecule has 0 aromatic heterocycles. The van der Waals surface area contributed by atoms with Gasteiger partial charge in [-0.1, -0.05) is 23.9 Å². The molecule has 2 rings (SSSR count). The third-order valence-corrected chi connectivity index (χ3v) is 4.14. The van der Waals surface area contributed by atoms with Crippen LogP contribution in [0.2, 0.25) is 0 Å². The van der Waals surface area contributed by atoms with Gasteiger partial charge in [-0.3, -0.25) is 0 Å². The van der Waals surface area contributed by atoms with Gasteiger partial charge >= 0.3 is 0 Å². The van der Waals surface area contributed by atoms with E-state index in [2.05, 4.69) is 11.7 Å². The second-order valence-corrected chi connectivity index (χ2v) is 5.22. The Morgan fingerprint density at radius 1 is 1.56 bits per heavy atom. The van der Waals surface area contributed by atoms with Crippen molar-refractivity contribution in [1.82, 2.24) is 0 Å². The van der Waals surface area contributed by atoms with Crippen LogP contribution >= 0.6 is 11.8 Å². The number of hydrogen-bond donors (Lipinski definition) is 1. The van der Waals surface area contributed by atoms with Gasteiger partial charge in [0.05, 0.1) is 5.71 Å². The smallest absolute Gasteiger partial charge is 0.115 e. The van der Waals surface area contributed by atoms with Crippen molar-refractivity contribution in [2.75, 3.05) is 12.4 Å². The van der Waals surface area contributed by atoms with Gasteiger partial charge < -0.3 is 9.94 Å². The lowest BCUT2D eigenvalue weighted by atomic mass is 9.99. The maximum atomic E-state index is 9.55. The van der Waals surface area contributed by atoms with E-state index in [0.717, 1.165) is 34.6 Å². The predicted molar refractivity (Wildman–Crippen MR) is 76.3 cm³/mol. The number of aliphatic hydroxyl groups excluding tert-OH is 1. The van der Waals surface area contributed by atoms with Gasteiger partial charge in [0, 0.05) is 28.2 Å². The fourth-order valence-corrected chi connectivity index (χ4v) is 3.21. The predicted octanol–water partition coefficient (Wildman–Crippen LogP) is 3.76. The van der Waals surface area contributed by atoms with Crippen LogP contribution in [0.4, 0.5) is 0 Å². The Balaban J connectivity index is 2.48. The molecule has 1 N–H and O–H groups in total. The molecular formula is C14H17NO2S. The Morgan fingerprint density at radius 3 is 3.00 bits per heavy atom. The van der Waals surface area contributed by atoms with Crippen LogP contribution < -0.4 is 0 Å². The molecule has 0 saturated carbocycles. The van der Waals surface area contributed by atoms with Gasteiger partial charge in [-0.25, -0.2) is 0 Å². The van der Waals surface area contributed by atoms with Crippen LogP contribution in [0.25, 0.3) is 5.76 Å². The molecule has 0 unspecified atom stereocenters. The van der Waals surface area contributed by atoms with Crippen molar-refractivity contribution < 1.29 is 9.94 Å². The molecule has 18 heavy (non-hydrogen) atoms. The van der Waals surface area contributed by atoms with Crippen molar-refractivity contribution in [3.8, 4) is 0 Å². The summed E-state index contributed by atoms with van der Waals surface area (Å²) in [5, 5.41) is 13.7. The van der Waals surface area contributed by atoms with E-state index in [4.69, 9.17) is 4.84 Å². The second-order valence-electron chi connectivity index (χ2n) is 4.12. The lowest BCUT2D eigenvalue weighted by molar-refractivity contribution is 0.158. The average molecular weight is 263 g/mol. The number of oxime groups is 1. The Hall–Kier alpha value is -1.42. The molecule has 1 heterocycles. The molecule has 0 atom stereocenters. The molecular weight excluding hydrogens is 246 g/mol. The first-order valence-corrected chi connectivity index (χ1v) is 6.97. The van der Waals surface area contributed by atoms with E-state index in [9.17, 15) is 5.11 Å². The van der Waals surface area contributed by atoms with E-state index >= 15 is 0 Å². The third kappa shape index (κ3) is 2.38. The van der Waals surface area contributed by atoms with Gasteiger partial charge in [-0.2, -0.15) is 0 Å². The van der Waals surface area contributed by atoms with Crippen LogP contribution in [0.1, 0.15) is 30.0 Å². The summed E-state index contributed by atoms with van der Waals surface area (Å²) < 4.78 is 0. The van der Waals surface area contributed by atoms with E-state index < -0.39 is 0 Å². The van der Waals surface area contributed by atoms with E-state index in [1.807, 2.05) is 26.0 Å². The van der Waals surface area contributed by atoms with Crippen LogP contribution in [-0.2, 0) is 4.84 Å². The highest BCUT2D eigenvalue weighted by atomic mass is 32.2. The van der Waals surface area contributed by atoms with Crippen molar-refractivity contribution >= 4 is 23.2 Å². The second kappa shape index (κ2) is 5.48. The normalized spacial score (nSPS) is 16.4. The molecule has 0 amide bonds. The minimum Gasteiger partial charge on any atom is -0.508 e. The first-order chi connectivity index (χ1) is 8.65. The van der Waals surface area contributed by atoms with Crippen molar-refractivity contribution in [2.24, 2.45) is 5.16 Å². The number of thioether (sulfide) groups is 1. The highest BCUT2D eigenvalue weighted by Crippen LogP contribution is 2.36. The fourth-order valence-electron chi connectivity index (χ4n) is 2.04. The summed E-state index contributed by atoms with van der Waals surface area (Å²) in [6.45, 7) is 8.10. The Bertz CT molecular complexity index is 509. The van der Waals surface area contributed by atoms with Crippen molar-refractivity contribution in [3.63, 3.8) is 0 Å². The molecule has 96 valence electrons. The quantitative estimate of drug-likeness (QED) is 0.667. The molecule has 0 spiro atoms. The summed E-state index contributed by atoms with van der Waals surface area (Å²) in [5.41, 5.74) is 3.97. The first kappa shape index (κ1) is 13.0. The number of rotatable bonds is 3. The standard InChI is InChI=1S/C14H17NO2S/c1-4-17-15-13-7-8-18-14-9(2)11(10(3)16)5-6-12(13)14/h5-6,16H,3-4,7-8H2,1-2H3/b15-13+. The van der Waals surface area contributed by atoms with Crippen LogP contribution in [0.5, 0.6) is 0 Å². The molecule has 4 heteroatoms. The lowest BCUT2D eigenvalue weighted by Crippen LogP contribution is -2.12. The van der Waals surface area contributed by atoms with Crippen LogP contribution in [0.3, 0.4) is 0 Å². The van der Waals surface area contributed by atoms with Crippen LogP contribution in [0, 0.1) is 6.92 Å². The van der Waals surface area contributed by atoms with Crippen molar-refractivity contribution in [3.05, 3.63) is 35.4 Å². The first-order valence-electron chi connectivity index (χ1n) is 5.99. The molecule has 0 radical (unpaired) electrons. The molecule has 1 aliphatic rings. The van der Waals surface area contributed by atoms with Crippen molar-refractivity contribution in [2.45, 2.75) is 25.2 Å². The molecule has 1 aliphatic heterocycles. The maximum Gasteiger partial charge on any atom is 0.115 e. The zero-order valence-corrected chi connectivity index (χ0v) is 11.5. The van der Waals surface area contributed by atoms with Gasteiger partial charge in [-0.15, -0.1) is 11.8 Å². The minimum absolute atomic E-state index is 0.116. The Morgan fingerprint density at radius 2 is 2.33 bits per heavy atom. The largest absolute Gasteiger partial charge is 0.508 e. The average Bonchev–Trinajstić information content (AvgIpc) is 2.36. The summed E-state index contributed by atoms with van der Waals surface area (Å²) >= 11 is 1.80. The SMILES string of the molecule is C=C(O)c1ccc2c(c1C)SCC/C2=N\OCC. The molecule has 3 nitrogen and oxygen atoms in total. The zero-order valence-electron chi connectivity index (χ0n) is 10.7. The Labute approximate surface area is 112 Å². The Kier molecular flexibility index (Phi) is 3.97. The topological polar surface area (TPSA) is 41.8 Å². The van der Waals surface area contributed by atoms with Gasteiger partial charge in [0.25, 0.3) is 0 Å². The van der Waals surface area contributed by atoms with Crippen LogP contribution in [0.15, 0.2) is 28.8 Å². The van der Waals surface area contributed by atoms with Gasteiger partial charge in [0.2, 0.25) is 0 Å². The number of benzene rings is 1. The van der Waals surface area contributed by atoms with Gasteiger partial charge in [0.15, 0.2) is 0 Å². The van der Waals surface area contributed by atoms with E-state index in [0.29, 0.717) is 6.61 Å². The monoisotopic (exact) mass is 263 g/mol. The fraction of sp³-hybridized carbons (Fsp3) is 0.357. The number of aliphatic hydroxyl groups is 1. The van der Waals surface area contributed by atoms with Crippen molar-refractivity contribution in [1.29, 1.82) is 0 Å². The molecule has 0 saturated heterocycles. The van der Waals surface area contributed by atoms with E-state index in [-0.39, 0.29) is 5.76 Å². The summed E-state index contributed by atoms with van der Waals surface area (Å²) in [5.74, 6) is 1.10. The highest BCUT2D eigenvalue weighted by Gasteiger charge is 2.20. The number of fused-ring (bicyclic) bond motifs is 1. The third-order valence-electron chi connectivity index (χ3n) is 2.92. The molecule has 1 aromatic carbocycles. The summed E-state index contributed by atoms with van der Waals surface area (Å²) in [6, 6.07) is 3.88. The summed E-state index contributed by atoms with van der Waals surface area (Å²) in [7, 11) is 0. The molecule has 0 bridgehead atoms. The zero-order chi connectivity index (χ0) is 13.1. The summed E-state index contributed by atoms with van der Waals surface area (Å²) in [6.07, 6.45) is 0.913. The lowest BCUT2D eigenvalue weighted by Gasteiger charge is -2.20. The molecule has 1 aromatic rings. The summed E-state index contributed by atoms with van der Waals surface area (Å²) in [4.78, 5) is 6.33. The van der Waals surface area contributed by atoms with E-state index in [1.165, 1.54) is 4.90 Å². The number of nitrogens with zero attached hydrogens (tertiary/aromatic N) is 1. The van der Waals surface area contributed by atoms with Crippen LogP contribution in [-0.4, -0.2) is 23.2 Å². The maximum absolute atomic E-state index is 9.55.